The van der Waals surface area contributed by atoms with E-state index >= 15 is 0 Å². The number of fused-ring (bicyclic) bond motifs is 3. The number of aliphatic hydroxyl groups is 4. The Balaban J connectivity index is 1.30. The van der Waals surface area contributed by atoms with Crippen molar-refractivity contribution in [2.24, 2.45) is 23.7 Å². The van der Waals surface area contributed by atoms with Crippen molar-refractivity contribution in [3.05, 3.63) is 54.1 Å². The normalized spacial score (nSPS) is 40.0. The fourth-order valence-corrected chi connectivity index (χ4v) is 6.64. The third-order valence-electron chi connectivity index (χ3n) is 8.90. The van der Waals surface area contributed by atoms with Gasteiger partial charge in [-0.2, -0.15) is 0 Å². The van der Waals surface area contributed by atoms with Crippen LogP contribution < -0.4 is 0 Å². The fourth-order valence-electron chi connectivity index (χ4n) is 6.64. The van der Waals surface area contributed by atoms with Crippen molar-refractivity contribution in [3.8, 4) is 11.5 Å². The van der Waals surface area contributed by atoms with Gasteiger partial charge >= 0.3 is 11.9 Å². The van der Waals surface area contributed by atoms with Gasteiger partial charge in [-0.15, -0.1) is 0 Å². The minimum Gasteiger partial charge on any atom is -0.504 e. The molecule has 2 saturated heterocycles. The third-order valence-corrected chi connectivity index (χ3v) is 8.90. The summed E-state index contributed by atoms with van der Waals surface area (Å²) in [6.45, 7) is 9.43. The summed E-state index contributed by atoms with van der Waals surface area (Å²) in [5.41, 5.74) is 1.72. The average Bonchev–Trinajstić information content (AvgIpc) is 3.39. The van der Waals surface area contributed by atoms with Gasteiger partial charge in [0.1, 0.15) is 24.4 Å². The Hall–Kier alpha value is -3.26. The molecule has 4 aliphatic rings. The van der Waals surface area contributed by atoms with Crippen molar-refractivity contribution in [3.63, 3.8) is 0 Å². The number of aliphatic hydroxyl groups excluding tert-OH is 4. The minimum absolute atomic E-state index is 0.219. The highest BCUT2D eigenvalue weighted by Gasteiger charge is 2.58. The number of ether oxygens (including phenoxy) is 4. The van der Waals surface area contributed by atoms with Crippen LogP contribution in [0, 0.1) is 23.7 Å². The van der Waals surface area contributed by atoms with Crippen molar-refractivity contribution >= 4 is 18.0 Å². The molecule has 42 heavy (non-hydrogen) atoms. The molecule has 5 rings (SSSR count). The number of phenolic OH excluding ortho intramolecular Hbond substituents is 2. The number of esters is 2. The molecule has 0 amide bonds. The molecular formula is C30H36O12. The molecule has 2 heterocycles. The molecule has 1 aromatic carbocycles. The lowest BCUT2D eigenvalue weighted by molar-refractivity contribution is -0.309. The number of benzene rings is 1. The summed E-state index contributed by atoms with van der Waals surface area (Å²) < 4.78 is 22.8. The first-order valence-electron chi connectivity index (χ1n) is 13.8. The molecule has 2 aliphatic heterocycles. The summed E-state index contributed by atoms with van der Waals surface area (Å²) in [6, 6.07) is 3.91. The van der Waals surface area contributed by atoms with Crippen LogP contribution in [0.5, 0.6) is 11.5 Å². The van der Waals surface area contributed by atoms with Gasteiger partial charge in [-0.1, -0.05) is 31.7 Å². The maximum absolute atomic E-state index is 12.6. The number of rotatable bonds is 6. The Morgan fingerprint density at radius 3 is 2.57 bits per heavy atom. The minimum atomic E-state index is -1.65. The lowest BCUT2D eigenvalue weighted by atomic mass is 9.79. The van der Waals surface area contributed by atoms with E-state index in [2.05, 4.69) is 13.2 Å². The van der Waals surface area contributed by atoms with E-state index in [-0.39, 0.29) is 29.3 Å². The zero-order valence-electron chi connectivity index (χ0n) is 23.0. The van der Waals surface area contributed by atoms with Crippen LogP contribution in [0.15, 0.2) is 48.6 Å². The van der Waals surface area contributed by atoms with Gasteiger partial charge in [0.15, 0.2) is 23.9 Å². The van der Waals surface area contributed by atoms with Gasteiger partial charge < -0.3 is 49.6 Å². The number of hydrogen-bond donors (Lipinski definition) is 6. The lowest BCUT2D eigenvalue weighted by Gasteiger charge is -2.42. The number of aromatic hydroxyl groups is 2. The van der Waals surface area contributed by atoms with E-state index in [9.17, 15) is 40.2 Å². The zero-order chi connectivity index (χ0) is 30.5. The third kappa shape index (κ3) is 5.46. The van der Waals surface area contributed by atoms with Crippen LogP contribution in [0.25, 0.3) is 6.08 Å². The first-order valence-corrected chi connectivity index (χ1v) is 13.8. The highest BCUT2D eigenvalue weighted by Crippen LogP contribution is 2.53. The molecule has 12 atom stereocenters. The lowest BCUT2D eigenvalue weighted by Crippen LogP contribution is -2.61. The Morgan fingerprint density at radius 1 is 1.14 bits per heavy atom. The Labute approximate surface area is 242 Å². The van der Waals surface area contributed by atoms with Crippen LogP contribution in [-0.2, 0) is 28.5 Å². The monoisotopic (exact) mass is 588 g/mol. The van der Waals surface area contributed by atoms with E-state index < -0.39 is 73.4 Å². The second-order valence-corrected chi connectivity index (χ2v) is 11.5. The number of carbonyl (C=O) groups excluding carboxylic acids is 2. The van der Waals surface area contributed by atoms with Gasteiger partial charge in [-0.25, -0.2) is 4.79 Å². The molecule has 228 valence electrons. The van der Waals surface area contributed by atoms with Crippen LogP contribution >= 0.6 is 0 Å². The molecule has 12 unspecified atom stereocenters. The first kappa shape index (κ1) is 30.2. The van der Waals surface area contributed by atoms with Crippen molar-refractivity contribution in [2.75, 3.05) is 6.61 Å². The van der Waals surface area contributed by atoms with Crippen LogP contribution in [0.4, 0.5) is 0 Å². The summed E-state index contributed by atoms with van der Waals surface area (Å²) >= 11 is 0. The second-order valence-electron chi connectivity index (χ2n) is 11.5. The molecule has 12 heteroatoms. The van der Waals surface area contributed by atoms with Crippen LogP contribution in [0.1, 0.15) is 25.3 Å². The van der Waals surface area contributed by atoms with Gasteiger partial charge in [-0.3, -0.25) is 4.79 Å². The summed E-state index contributed by atoms with van der Waals surface area (Å²) in [6.07, 6.45) is -6.59. The van der Waals surface area contributed by atoms with E-state index in [0.29, 0.717) is 24.0 Å². The SMILES string of the molecule is C=C1CC(O)C2C(C)C(=O)OC2C2C(=C)C(OC3OC(CO)C(O)C(OC(=O)C=Cc4ccc(O)c(O)c4)C3O)CC12. The summed E-state index contributed by atoms with van der Waals surface area (Å²) in [7, 11) is 0. The molecule has 0 aromatic heterocycles. The van der Waals surface area contributed by atoms with Crippen molar-refractivity contribution < 1.29 is 59.2 Å². The molecule has 4 fully saturated rings. The van der Waals surface area contributed by atoms with Crippen LogP contribution in [0.3, 0.4) is 0 Å². The van der Waals surface area contributed by atoms with E-state index in [0.717, 1.165) is 11.6 Å². The largest absolute Gasteiger partial charge is 0.504 e. The van der Waals surface area contributed by atoms with Crippen molar-refractivity contribution in [1.29, 1.82) is 0 Å². The number of hydrogen-bond acceptors (Lipinski definition) is 12. The van der Waals surface area contributed by atoms with Gasteiger partial charge in [0, 0.05) is 17.9 Å². The highest BCUT2D eigenvalue weighted by atomic mass is 16.7. The predicted octanol–water partition coefficient (Wildman–Crippen LogP) is 0.538. The fraction of sp³-hybridized carbons (Fsp3) is 0.533. The van der Waals surface area contributed by atoms with Gasteiger partial charge in [0.2, 0.25) is 0 Å². The zero-order valence-corrected chi connectivity index (χ0v) is 23.0. The smallest absolute Gasteiger partial charge is 0.331 e. The summed E-state index contributed by atoms with van der Waals surface area (Å²) in [5.74, 6) is -3.57. The average molecular weight is 589 g/mol. The second kappa shape index (κ2) is 11.8. The molecule has 1 aromatic rings. The molecule has 0 spiro atoms. The maximum atomic E-state index is 12.6. The highest BCUT2D eigenvalue weighted by molar-refractivity contribution is 5.87. The topological polar surface area (TPSA) is 192 Å². The van der Waals surface area contributed by atoms with E-state index in [4.69, 9.17) is 18.9 Å². The molecule has 6 N–H and O–H groups in total. The molecule has 0 bridgehead atoms. The number of carbonyl (C=O) groups is 2. The molecule has 2 saturated carbocycles. The summed E-state index contributed by atoms with van der Waals surface area (Å²) in [4.78, 5) is 25.0. The molecular weight excluding hydrogens is 552 g/mol. The molecule has 12 nitrogen and oxygen atoms in total. The summed E-state index contributed by atoms with van der Waals surface area (Å²) in [5, 5.41) is 61.4. The molecule has 0 radical (unpaired) electrons. The van der Waals surface area contributed by atoms with Gasteiger partial charge in [0.05, 0.1) is 24.7 Å². The van der Waals surface area contributed by atoms with Crippen molar-refractivity contribution in [1.82, 2.24) is 0 Å². The van der Waals surface area contributed by atoms with E-state index in [1.165, 1.54) is 24.3 Å². The first-order chi connectivity index (χ1) is 19.9. The van der Waals surface area contributed by atoms with E-state index in [1.807, 2.05) is 0 Å². The van der Waals surface area contributed by atoms with Crippen LogP contribution in [-0.4, -0.2) is 98.2 Å². The quantitative estimate of drug-likeness (QED) is 0.117. The predicted molar refractivity (Wildman–Crippen MR) is 144 cm³/mol. The van der Waals surface area contributed by atoms with Crippen LogP contribution in [0.2, 0.25) is 0 Å². The Bertz CT molecular complexity index is 1270. The van der Waals surface area contributed by atoms with Gasteiger partial charge in [-0.05, 0) is 48.1 Å². The standard InChI is InChI=1S/C30H36O12/c1-12-8-19(34)24-14(3)29(38)42-27(24)23-13(2)20(10-16(12)23)39-30-26(37)28(25(36)21(11-31)40-30)41-22(35)7-5-15-4-6-17(32)18(33)9-15/h4-7,9,14,16,19-21,23-28,30-34,36-37H,1-2,8,10-11H2,3H3. The Kier molecular flexibility index (Phi) is 8.48. The van der Waals surface area contributed by atoms with Gasteiger partial charge in [0.25, 0.3) is 0 Å². The van der Waals surface area contributed by atoms with E-state index in [1.54, 1.807) is 6.92 Å². The number of phenols is 2. The Morgan fingerprint density at radius 2 is 1.88 bits per heavy atom. The molecule has 2 aliphatic carbocycles. The van der Waals surface area contributed by atoms with Crippen molar-refractivity contribution in [2.45, 2.75) is 68.8 Å². The maximum Gasteiger partial charge on any atom is 0.331 e.